The summed E-state index contributed by atoms with van der Waals surface area (Å²) in [5.74, 6) is -0.290. The lowest BCUT2D eigenvalue weighted by molar-refractivity contribution is -0.129. The molecule has 0 aromatic heterocycles. The maximum atomic E-state index is 12.1. The van der Waals surface area contributed by atoms with Crippen molar-refractivity contribution in [1.82, 2.24) is 5.32 Å². The van der Waals surface area contributed by atoms with Gasteiger partial charge in [0.2, 0.25) is 11.8 Å². The molecule has 1 rings (SSSR count). The summed E-state index contributed by atoms with van der Waals surface area (Å²) in [4.78, 5) is 23.6. The number of carbonyl (C=O) groups is 2. The molecule has 0 aliphatic rings. The van der Waals surface area contributed by atoms with E-state index in [-0.39, 0.29) is 11.8 Å². The van der Waals surface area contributed by atoms with Gasteiger partial charge in [-0.25, -0.2) is 0 Å². The lowest BCUT2D eigenvalue weighted by atomic mass is 9.97. The summed E-state index contributed by atoms with van der Waals surface area (Å²) in [6.07, 6.45) is 1.22. The summed E-state index contributed by atoms with van der Waals surface area (Å²) < 4.78 is 0. The van der Waals surface area contributed by atoms with Crippen LogP contribution in [0.15, 0.2) is 30.3 Å². The highest BCUT2D eigenvalue weighted by Crippen LogP contribution is 2.11. The van der Waals surface area contributed by atoms with Crippen LogP contribution in [0.3, 0.4) is 0 Å². The molecule has 0 aliphatic heterocycles. The van der Waals surface area contributed by atoms with E-state index in [4.69, 9.17) is 5.73 Å². The molecule has 1 aromatic carbocycles. The van der Waals surface area contributed by atoms with Crippen LogP contribution in [0.5, 0.6) is 0 Å². The largest absolute Gasteiger partial charge is 0.368 e. The number of primary amides is 1. The number of nitrogens with two attached hydrogens (primary N) is 1. The Morgan fingerprint density at radius 1 is 1.15 bits per heavy atom. The van der Waals surface area contributed by atoms with Crippen molar-refractivity contribution in [2.24, 2.45) is 17.6 Å². The topological polar surface area (TPSA) is 72.2 Å². The Hall–Kier alpha value is -1.84. The molecule has 0 heterocycles. The van der Waals surface area contributed by atoms with E-state index in [2.05, 4.69) is 19.2 Å². The van der Waals surface area contributed by atoms with E-state index in [0.29, 0.717) is 12.3 Å². The van der Waals surface area contributed by atoms with Gasteiger partial charge in [-0.2, -0.15) is 0 Å². The van der Waals surface area contributed by atoms with E-state index in [1.54, 1.807) is 0 Å². The Bertz CT molecular complexity index is 443. The molecule has 0 unspecified atom stereocenters. The van der Waals surface area contributed by atoms with Gasteiger partial charge in [0.25, 0.3) is 0 Å². The van der Waals surface area contributed by atoms with Gasteiger partial charge in [-0.1, -0.05) is 51.1 Å². The lowest BCUT2D eigenvalue weighted by Crippen LogP contribution is -2.47. The van der Waals surface area contributed by atoms with Crippen molar-refractivity contribution in [2.75, 3.05) is 0 Å². The second kappa shape index (κ2) is 7.68. The molecule has 0 saturated carbocycles. The zero-order chi connectivity index (χ0) is 15.1. The first-order valence-corrected chi connectivity index (χ1v) is 7.03. The van der Waals surface area contributed by atoms with E-state index in [9.17, 15) is 9.59 Å². The average molecular weight is 276 g/mol. The van der Waals surface area contributed by atoms with Crippen LogP contribution in [0.4, 0.5) is 0 Å². The van der Waals surface area contributed by atoms with E-state index in [1.807, 2.05) is 37.3 Å². The molecular formula is C16H24N2O2. The van der Waals surface area contributed by atoms with Crippen molar-refractivity contribution in [2.45, 2.75) is 39.7 Å². The van der Waals surface area contributed by atoms with Crippen LogP contribution in [0, 0.1) is 11.8 Å². The number of carbonyl (C=O) groups excluding carboxylic acids is 2. The zero-order valence-corrected chi connectivity index (χ0v) is 12.4. The van der Waals surface area contributed by atoms with Crippen LogP contribution in [-0.2, 0) is 16.0 Å². The Balaban J connectivity index is 2.64. The smallest absolute Gasteiger partial charge is 0.240 e. The standard InChI is InChI=1S/C16H24N2O2/c1-11(2)9-12(3)16(20)18-14(15(17)19)10-13-7-5-4-6-8-13/h4-8,11-12,14H,9-10H2,1-3H3,(H2,17,19)(H,18,20)/t12-,14-/m0/s1. The van der Waals surface area contributed by atoms with Gasteiger partial charge in [0.05, 0.1) is 0 Å². The van der Waals surface area contributed by atoms with Crippen molar-refractivity contribution in [3.05, 3.63) is 35.9 Å². The molecule has 1 aromatic rings. The highest BCUT2D eigenvalue weighted by molar-refractivity contribution is 5.87. The van der Waals surface area contributed by atoms with Gasteiger partial charge >= 0.3 is 0 Å². The average Bonchev–Trinajstić information content (AvgIpc) is 2.38. The monoisotopic (exact) mass is 276 g/mol. The van der Waals surface area contributed by atoms with Crippen LogP contribution in [0.2, 0.25) is 0 Å². The predicted molar refractivity (Wildman–Crippen MR) is 79.9 cm³/mol. The quantitative estimate of drug-likeness (QED) is 0.798. The first kappa shape index (κ1) is 16.2. The molecule has 3 N–H and O–H groups in total. The molecule has 0 bridgehead atoms. The molecule has 4 nitrogen and oxygen atoms in total. The van der Waals surface area contributed by atoms with Gasteiger partial charge in [-0.3, -0.25) is 9.59 Å². The van der Waals surface area contributed by atoms with Crippen molar-refractivity contribution in [1.29, 1.82) is 0 Å². The number of amides is 2. The minimum atomic E-state index is -0.653. The Morgan fingerprint density at radius 2 is 1.75 bits per heavy atom. The maximum absolute atomic E-state index is 12.1. The predicted octanol–water partition coefficient (Wildman–Crippen LogP) is 1.88. The fourth-order valence-electron chi connectivity index (χ4n) is 2.20. The second-order valence-corrected chi connectivity index (χ2v) is 5.68. The molecule has 0 fully saturated rings. The Labute approximate surface area is 120 Å². The van der Waals surface area contributed by atoms with Crippen LogP contribution < -0.4 is 11.1 Å². The van der Waals surface area contributed by atoms with Crippen molar-refractivity contribution >= 4 is 11.8 Å². The molecule has 0 aliphatic carbocycles. The van der Waals surface area contributed by atoms with Crippen LogP contribution in [0.1, 0.15) is 32.8 Å². The summed E-state index contributed by atoms with van der Waals surface area (Å²) in [5.41, 5.74) is 6.36. The number of hydrogen-bond donors (Lipinski definition) is 2. The number of hydrogen-bond acceptors (Lipinski definition) is 2. The fraction of sp³-hybridized carbons (Fsp3) is 0.500. The Kier molecular flexibility index (Phi) is 6.22. The molecule has 2 atom stereocenters. The fourth-order valence-corrected chi connectivity index (χ4v) is 2.20. The van der Waals surface area contributed by atoms with Crippen molar-refractivity contribution in [3.63, 3.8) is 0 Å². The van der Waals surface area contributed by atoms with E-state index < -0.39 is 11.9 Å². The molecule has 2 amide bonds. The molecular weight excluding hydrogens is 252 g/mol. The maximum Gasteiger partial charge on any atom is 0.240 e. The van der Waals surface area contributed by atoms with Gasteiger partial charge in [0, 0.05) is 12.3 Å². The third kappa shape index (κ3) is 5.43. The van der Waals surface area contributed by atoms with Gasteiger partial charge < -0.3 is 11.1 Å². The SMILES string of the molecule is CC(C)C[C@H](C)C(=O)N[C@@H](Cc1ccccc1)C(N)=O. The summed E-state index contributed by atoms with van der Waals surface area (Å²) in [5, 5.41) is 2.76. The molecule has 110 valence electrons. The number of nitrogens with one attached hydrogen (secondary N) is 1. The van der Waals surface area contributed by atoms with Crippen LogP contribution in [-0.4, -0.2) is 17.9 Å². The highest BCUT2D eigenvalue weighted by atomic mass is 16.2. The van der Waals surface area contributed by atoms with Crippen molar-refractivity contribution in [3.8, 4) is 0 Å². The summed E-state index contributed by atoms with van der Waals surface area (Å²) in [6, 6.07) is 8.89. The molecule has 4 heteroatoms. The van der Waals surface area contributed by atoms with Gasteiger partial charge in [0.15, 0.2) is 0 Å². The van der Waals surface area contributed by atoms with E-state index in [1.165, 1.54) is 0 Å². The van der Waals surface area contributed by atoms with E-state index in [0.717, 1.165) is 12.0 Å². The van der Waals surface area contributed by atoms with E-state index >= 15 is 0 Å². The number of benzene rings is 1. The molecule has 0 saturated heterocycles. The minimum absolute atomic E-state index is 0.113. The molecule has 0 spiro atoms. The summed E-state index contributed by atoms with van der Waals surface area (Å²) >= 11 is 0. The first-order valence-electron chi connectivity index (χ1n) is 7.03. The van der Waals surface area contributed by atoms with Crippen LogP contribution in [0.25, 0.3) is 0 Å². The first-order chi connectivity index (χ1) is 9.40. The second-order valence-electron chi connectivity index (χ2n) is 5.68. The third-order valence-electron chi connectivity index (χ3n) is 3.22. The van der Waals surface area contributed by atoms with Gasteiger partial charge in [-0.05, 0) is 17.9 Å². The number of rotatable bonds is 7. The van der Waals surface area contributed by atoms with Crippen LogP contribution >= 0.6 is 0 Å². The Morgan fingerprint density at radius 3 is 2.25 bits per heavy atom. The summed E-state index contributed by atoms with van der Waals surface area (Å²) in [6.45, 7) is 6.01. The normalized spacial score (nSPS) is 13.8. The van der Waals surface area contributed by atoms with Crippen molar-refractivity contribution < 1.29 is 9.59 Å². The summed E-state index contributed by atoms with van der Waals surface area (Å²) in [7, 11) is 0. The molecule has 20 heavy (non-hydrogen) atoms. The van der Waals surface area contributed by atoms with Gasteiger partial charge in [0.1, 0.15) is 6.04 Å². The third-order valence-corrected chi connectivity index (χ3v) is 3.22. The highest BCUT2D eigenvalue weighted by Gasteiger charge is 2.22. The lowest BCUT2D eigenvalue weighted by Gasteiger charge is -2.19. The minimum Gasteiger partial charge on any atom is -0.368 e. The van der Waals surface area contributed by atoms with Gasteiger partial charge in [-0.15, -0.1) is 0 Å². The zero-order valence-electron chi connectivity index (χ0n) is 12.4. The molecule has 0 radical (unpaired) electrons.